The van der Waals surface area contributed by atoms with E-state index in [1.54, 1.807) is 6.92 Å². The van der Waals surface area contributed by atoms with E-state index in [0.717, 1.165) is 4.90 Å². The van der Waals surface area contributed by atoms with Crippen LogP contribution in [0.3, 0.4) is 0 Å². The average molecular weight is 495 g/mol. The van der Waals surface area contributed by atoms with Crippen LogP contribution in [0.15, 0.2) is 12.7 Å². The maximum atomic E-state index is 12.0. The number of fused-ring (bicyclic) bond motifs is 1. The molecule has 3 unspecified atom stereocenters. The maximum absolute atomic E-state index is 12.0. The Bertz CT molecular complexity index is 1110. The summed E-state index contributed by atoms with van der Waals surface area (Å²) in [6, 6.07) is 0. The van der Waals surface area contributed by atoms with Gasteiger partial charge in [0.25, 0.3) is 0 Å². The third-order valence-electron chi connectivity index (χ3n) is 4.58. The van der Waals surface area contributed by atoms with Crippen molar-refractivity contribution in [2.24, 2.45) is 0 Å². The van der Waals surface area contributed by atoms with Gasteiger partial charge in [-0.2, -0.15) is 0 Å². The summed E-state index contributed by atoms with van der Waals surface area (Å²) in [5.74, 6) is -2.96. The van der Waals surface area contributed by atoms with Crippen molar-refractivity contribution < 1.29 is 44.3 Å². The van der Waals surface area contributed by atoms with Gasteiger partial charge in [0.05, 0.1) is 6.33 Å². The highest BCUT2D eigenvalue weighted by atomic mass is 16.6. The van der Waals surface area contributed by atoms with Crippen molar-refractivity contribution in [2.75, 3.05) is 18.1 Å². The molecule has 35 heavy (non-hydrogen) atoms. The fraction of sp³-hybridized carbons (Fsp3) is 0.524. The number of nitrogens with zero attached hydrogens (tertiary/aromatic N) is 5. The highest BCUT2D eigenvalue weighted by Gasteiger charge is 2.31. The Morgan fingerprint density at radius 3 is 1.97 bits per heavy atom. The molecule has 3 atom stereocenters. The Morgan fingerprint density at radius 2 is 1.46 bits per heavy atom. The van der Waals surface area contributed by atoms with E-state index >= 15 is 0 Å². The maximum Gasteiger partial charge on any atom is 0.303 e. The molecular formula is C21H29N5O9. The van der Waals surface area contributed by atoms with E-state index in [0.29, 0.717) is 0 Å². The molecule has 0 aliphatic rings. The van der Waals surface area contributed by atoms with Crippen molar-refractivity contribution in [1.29, 1.82) is 0 Å². The Hall–Kier alpha value is -3.94. The van der Waals surface area contributed by atoms with E-state index in [9.17, 15) is 24.0 Å². The summed E-state index contributed by atoms with van der Waals surface area (Å²) in [6.45, 7) is 6.97. The largest absolute Gasteiger partial charge is 0.463 e. The number of carbonyl (C=O) groups is 5. The van der Waals surface area contributed by atoms with Gasteiger partial charge in [0.15, 0.2) is 23.1 Å². The number of hydrogen-bond donors (Lipinski definition) is 0. The van der Waals surface area contributed by atoms with E-state index in [2.05, 4.69) is 15.0 Å². The molecule has 0 spiro atoms. The second kappa shape index (κ2) is 12.0. The summed E-state index contributed by atoms with van der Waals surface area (Å²) in [7, 11) is 0. The first-order valence-electron chi connectivity index (χ1n) is 10.5. The van der Waals surface area contributed by atoms with Crippen LogP contribution in [0, 0.1) is 0 Å². The molecule has 0 saturated carbocycles. The summed E-state index contributed by atoms with van der Waals surface area (Å²) in [4.78, 5) is 71.6. The van der Waals surface area contributed by atoms with E-state index in [1.807, 2.05) is 0 Å². The third kappa shape index (κ3) is 7.27. The van der Waals surface area contributed by atoms with E-state index in [1.165, 1.54) is 51.8 Å². The Labute approximate surface area is 202 Å². The predicted molar refractivity (Wildman–Crippen MR) is 120 cm³/mol. The molecule has 0 saturated heterocycles. The Morgan fingerprint density at radius 1 is 0.886 bits per heavy atom. The van der Waals surface area contributed by atoms with Gasteiger partial charge in [0.2, 0.25) is 11.8 Å². The fourth-order valence-corrected chi connectivity index (χ4v) is 3.17. The molecule has 0 aromatic carbocycles. The lowest BCUT2D eigenvalue weighted by molar-refractivity contribution is -0.182. The molecule has 0 aliphatic heterocycles. The molecule has 2 amide bonds. The zero-order valence-corrected chi connectivity index (χ0v) is 20.2. The van der Waals surface area contributed by atoms with Crippen LogP contribution in [0.25, 0.3) is 11.2 Å². The van der Waals surface area contributed by atoms with Gasteiger partial charge in [-0.15, -0.1) is 0 Å². The van der Waals surface area contributed by atoms with Gasteiger partial charge in [-0.1, -0.05) is 0 Å². The lowest BCUT2D eigenvalue weighted by atomic mass is 10.2. The van der Waals surface area contributed by atoms with Crippen LogP contribution in [0.1, 0.15) is 49.2 Å². The number of hydrogen-bond acceptors (Lipinski definition) is 12. The lowest BCUT2D eigenvalue weighted by Crippen LogP contribution is -2.42. The van der Waals surface area contributed by atoms with Crippen LogP contribution in [-0.4, -0.2) is 74.7 Å². The van der Waals surface area contributed by atoms with Gasteiger partial charge < -0.3 is 18.9 Å². The van der Waals surface area contributed by atoms with Gasteiger partial charge in [-0.25, -0.2) is 19.9 Å². The predicted octanol–water partition coefficient (Wildman–Crippen LogP) is 0.933. The van der Waals surface area contributed by atoms with Gasteiger partial charge in [0.1, 0.15) is 31.9 Å². The Kier molecular flexibility index (Phi) is 9.34. The standard InChI is InChI=1S/C21H27N5O9.H2/c1-11(27)26(12(2)28)21-19-20(22-9-23-21)25(10-24-19)13(3)34-17(7-32-14(4)29)18(35-16(6)31)8-33-15(5)30;/h9-10,13,17-18H,7-8H2,1-6H3;1H. The third-order valence-corrected chi connectivity index (χ3v) is 4.58. The molecule has 14 heteroatoms. The Balaban J connectivity index is 0.00000648. The van der Waals surface area contributed by atoms with Crippen molar-refractivity contribution in [3.8, 4) is 0 Å². The number of imide groups is 1. The van der Waals surface area contributed by atoms with Gasteiger partial charge in [0, 0.05) is 36.0 Å². The van der Waals surface area contributed by atoms with Crippen molar-refractivity contribution in [1.82, 2.24) is 19.5 Å². The van der Waals surface area contributed by atoms with Crippen LogP contribution in [0.5, 0.6) is 0 Å². The first kappa shape index (κ1) is 27.3. The molecule has 2 rings (SSSR count). The van der Waals surface area contributed by atoms with Crippen molar-refractivity contribution in [3.63, 3.8) is 0 Å². The summed E-state index contributed by atoms with van der Waals surface area (Å²) in [6.07, 6.45) is -0.435. The van der Waals surface area contributed by atoms with Crippen LogP contribution >= 0.6 is 0 Å². The second-order valence-electron chi connectivity index (χ2n) is 7.42. The molecule has 0 fully saturated rings. The van der Waals surface area contributed by atoms with Gasteiger partial charge in [-0.05, 0) is 6.92 Å². The number of rotatable bonds is 10. The van der Waals surface area contributed by atoms with Gasteiger partial charge >= 0.3 is 17.9 Å². The minimum atomic E-state index is -1.09. The highest BCUT2D eigenvalue weighted by Crippen LogP contribution is 2.25. The topological polar surface area (TPSA) is 169 Å². The van der Waals surface area contributed by atoms with E-state index < -0.39 is 48.2 Å². The number of ether oxygens (including phenoxy) is 4. The van der Waals surface area contributed by atoms with E-state index in [4.69, 9.17) is 18.9 Å². The summed E-state index contributed by atoms with van der Waals surface area (Å²) < 4.78 is 22.8. The molecule has 0 aliphatic carbocycles. The molecule has 0 N–H and O–H groups in total. The van der Waals surface area contributed by atoms with Crippen molar-refractivity contribution >= 4 is 46.7 Å². The molecule has 192 valence electrons. The summed E-state index contributed by atoms with van der Waals surface area (Å²) in [5.41, 5.74) is 0.409. The minimum Gasteiger partial charge on any atom is -0.463 e. The average Bonchev–Trinajstić information content (AvgIpc) is 3.18. The van der Waals surface area contributed by atoms with Crippen LogP contribution < -0.4 is 4.90 Å². The van der Waals surface area contributed by atoms with Gasteiger partial charge in [-0.3, -0.25) is 28.5 Å². The summed E-state index contributed by atoms with van der Waals surface area (Å²) in [5, 5.41) is 0. The molecule has 2 heterocycles. The van der Waals surface area contributed by atoms with Crippen LogP contribution in [0.2, 0.25) is 0 Å². The molecular weight excluding hydrogens is 466 g/mol. The number of anilines is 1. The fourth-order valence-electron chi connectivity index (χ4n) is 3.17. The minimum absolute atomic E-state index is 0. The lowest BCUT2D eigenvalue weighted by Gasteiger charge is -2.29. The smallest absolute Gasteiger partial charge is 0.303 e. The first-order chi connectivity index (χ1) is 16.4. The van der Waals surface area contributed by atoms with Crippen molar-refractivity contribution in [2.45, 2.75) is 60.0 Å². The second-order valence-corrected chi connectivity index (χ2v) is 7.42. The first-order valence-corrected chi connectivity index (χ1v) is 10.5. The van der Waals surface area contributed by atoms with Crippen molar-refractivity contribution in [3.05, 3.63) is 12.7 Å². The molecule has 2 aromatic heterocycles. The quantitative estimate of drug-likeness (QED) is 0.338. The molecule has 0 bridgehead atoms. The number of amides is 2. The number of esters is 3. The molecule has 0 radical (unpaired) electrons. The normalized spacial score (nSPS) is 13.4. The highest BCUT2D eigenvalue weighted by molar-refractivity contribution is 6.15. The summed E-state index contributed by atoms with van der Waals surface area (Å²) >= 11 is 0. The SMILES string of the molecule is CC(=O)OCC(OC(C)=O)C(COC(C)=O)OC(C)n1cnc2c(N(C(C)=O)C(C)=O)ncnc21.[HH]. The van der Waals surface area contributed by atoms with E-state index in [-0.39, 0.29) is 31.6 Å². The van der Waals surface area contributed by atoms with Crippen LogP contribution in [-0.2, 0) is 42.9 Å². The monoisotopic (exact) mass is 495 g/mol. The molecule has 14 nitrogen and oxygen atoms in total. The molecule has 2 aromatic rings. The van der Waals surface area contributed by atoms with Crippen LogP contribution in [0.4, 0.5) is 5.82 Å². The number of aromatic nitrogens is 4. The zero-order valence-electron chi connectivity index (χ0n) is 20.2. The number of carbonyl (C=O) groups excluding carboxylic acids is 5. The zero-order chi connectivity index (χ0) is 26.3. The number of imidazole rings is 1.